The summed E-state index contributed by atoms with van der Waals surface area (Å²) in [6, 6.07) is 7.37. The third-order valence-electron chi connectivity index (χ3n) is 2.68. The molecule has 18 heavy (non-hydrogen) atoms. The third kappa shape index (κ3) is 2.80. The van der Waals surface area contributed by atoms with E-state index in [0.29, 0.717) is 25.4 Å². The Kier molecular flexibility index (Phi) is 3.82. The summed E-state index contributed by atoms with van der Waals surface area (Å²) in [4.78, 5) is 24.4. The highest BCUT2D eigenvalue weighted by Crippen LogP contribution is 2.25. The van der Waals surface area contributed by atoms with Crippen LogP contribution in [-0.4, -0.2) is 30.1 Å². The minimum Gasteiger partial charge on any atom is -0.466 e. The minimum atomic E-state index is -0.419. The Morgan fingerprint density at radius 3 is 3.00 bits per heavy atom. The number of rotatable bonds is 4. The first-order valence-electron chi connectivity index (χ1n) is 5.91. The standard InChI is InChI=1S/C13H15NO4/c1-2-17-12(15)7-8-14-9-10-5-3-4-6-11(10)18-13(14)16/h3-6H,2,7-9H2,1H3. The van der Waals surface area contributed by atoms with Crippen molar-refractivity contribution in [2.45, 2.75) is 19.9 Å². The summed E-state index contributed by atoms with van der Waals surface area (Å²) in [6.07, 6.45) is -0.233. The van der Waals surface area contributed by atoms with Gasteiger partial charge in [0.05, 0.1) is 19.6 Å². The maximum absolute atomic E-state index is 11.7. The van der Waals surface area contributed by atoms with Crippen molar-refractivity contribution in [3.05, 3.63) is 29.8 Å². The molecule has 2 rings (SSSR count). The maximum Gasteiger partial charge on any atom is 0.415 e. The molecule has 1 aliphatic rings. The van der Waals surface area contributed by atoms with Gasteiger partial charge in [-0.15, -0.1) is 0 Å². The molecule has 0 spiro atoms. The van der Waals surface area contributed by atoms with Gasteiger partial charge in [0.15, 0.2) is 0 Å². The molecule has 0 fully saturated rings. The highest BCUT2D eigenvalue weighted by atomic mass is 16.6. The van der Waals surface area contributed by atoms with Crippen molar-refractivity contribution >= 4 is 12.1 Å². The third-order valence-corrected chi connectivity index (χ3v) is 2.68. The molecular weight excluding hydrogens is 234 g/mol. The van der Waals surface area contributed by atoms with Crippen molar-refractivity contribution in [2.24, 2.45) is 0 Å². The Balaban J connectivity index is 1.95. The fraction of sp³-hybridized carbons (Fsp3) is 0.385. The van der Waals surface area contributed by atoms with Crippen molar-refractivity contribution in [1.29, 1.82) is 0 Å². The molecule has 96 valence electrons. The number of benzene rings is 1. The zero-order chi connectivity index (χ0) is 13.0. The number of amides is 1. The van der Waals surface area contributed by atoms with Gasteiger partial charge in [0.25, 0.3) is 0 Å². The number of fused-ring (bicyclic) bond motifs is 1. The fourth-order valence-corrected chi connectivity index (χ4v) is 1.79. The van der Waals surface area contributed by atoms with Crippen LogP contribution in [0.5, 0.6) is 5.75 Å². The van der Waals surface area contributed by atoms with Gasteiger partial charge >= 0.3 is 12.1 Å². The number of hydrogen-bond acceptors (Lipinski definition) is 4. The summed E-state index contributed by atoms with van der Waals surface area (Å²) in [7, 11) is 0. The average Bonchev–Trinajstić information content (AvgIpc) is 2.36. The summed E-state index contributed by atoms with van der Waals surface area (Å²) in [6.45, 7) is 2.88. The zero-order valence-electron chi connectivity index (χ0n) is 10.2. The number of para-hydroxylation sites is 1. The van der Waals surface area contributed by atoms with Gasteiger partial charge in [0, 0.05) is 12.1 Å². The second-order valence-electron chi connectivity index (χ2n) is 3.95. The molecule has 0 radical (unpaired) electrons. The van der Waals surface area contributed by atoms with E-state index in [-0.39, 0.29) is 12.4 Å². The molecule has 1 amide bonds. The van der Waals surface area contributed by atoms with Crippen LogP contribution in [0.25, 0.3) is 0 Å². The number of hydrogen-bond donors (Lipinski definition) is 0. The van der Waals surface area contributed by atoms with E-state index >= 15 is 0 Å². The smallest absolute Gasteiger partial charge is 0.415 e. The molecule has 0 atom stereocenters. The predicted octanol–water partition coefficient (Wildman–Crippen LogP) is 1.95. The molecule has 5 heteroatoms. The van der Waals surface area contributed by atoms with Gasteiger partial charge < -0.3 is 14.4 Å². The summed E-state index contributed by atoms with van der Waals surface area (Å²) in [5, 5.41) is 0. The predicted molar refractivity (Wildman–Crippen MR) is 64.1 cm³/mol. The first kappa shape index (κ1) is 12.4. The van der Waals surface area contributed by atoms with Gasteiger partial charge in [-0.2, -0.15) is 0 Å². The highest BCUT2D eigenvalue weighted by molar-refractivity contribution is 5.75. The monoisotopic (exact) mass is 249 g/mol. The van der Waals surface area contributed by atoms with E-state index in [9.17, 15) is 9.59 Å². The Bertz CT molecular complexity index is 458. The van der Waals surface area contributed by atoms with Crippen molar-refractivity contribution < 1.29 is 19.1 Å². The molecular formula is C13H15NO4. The largest absolute Gasteiger partial charge is 0.466 e. The van der Waals surface area contributed by atoms with Crippen LogP contribution in [-0.2, 0) is 16.1 Å². The molecule has 1 aliphatic heterocycles. The lowest BCUT2D eigenvalue weighted by atomic mass is 10.1. The van der Waals surface area contributed by atoms with Gasteiger partial charge in [-0.3, -0.25) is 4.79 Å². The molecule has 0 saturated heterocycles. The summed E-state index contributed by atoms with van der Waals surface area (Å²) < 4.78 is 9.99. The molecule has 0 N–H and O–H groups in total. The minimum absolute atomic E-state index is 0.186. The van der Waals surface area contributed by atoms with Gasteiger partial charge in [-0.1, -0.05) is 18.2 Å². The summed E-state index contributed by atoms with van der Waals surface area (Å²) in [5.41, 5.74) is 0.945. The Hall–Kier alpha value is -2.04. The fourth-order valence-electron chi connectivity index (χ4n) is 1.79. The van der Waals surface area contributed by atoms with Gasteiger partial charge in [0.2, 0.25) is 0 Å². The molecule has 5 nitrogen and oxygen atoms in total. The van der Waals surface area contributed by atoms with E-state index < -0.39 is 6.09 Å². The molecule has 0 aliphatic carbocycles. The summed E-state index contributed by atoms with van der Waals surface area (Å²) >= 11 is 0. The van der Waals surface area contributed by atoms with Crippen LogP contribution >= 0.6 is 0 Å². The topological polar surface area (TPSA) is 55.8 Å². The normalized spacial score (nSPS) is 13.8. The molecule has 0 saturated carbocycles. The second-order valence-corrected chi connectivity index (χ2v) is 3.95. The quantitative estimate of drug-likeness (QED) is 0.765. The zero-order valence-corrected chi connectivity index (χ0v) is 10.2. The van der Waals surface area contributed by atoms with Crippen LogP contribution in [0.2, 0.25) is 0 Å². The van der Waals surface area contributed by atoms with E-state index in [4.69, 9.17) is 9.47 Å². The van der Waals surface area contributed by atoms with Crippen molar-refractivity contribution in [2.75, 3.05) is 13.2 Å². The van der Waals surface area contributed by atoms with Crippen LogP contribution in [0.15, 0.2) is 24.3 Å². The number of ether oxygens (including phenoxy) is 2. The molecule has 0 unspecified atom stereocenters. The van der Waals surface area contributed by atoms with E-state index in [2.05, 4.69) is 0 Å². The Labute approximate surface area is 105 Å². The molecule has 1 aromatic rings. The SMILES string of the molecule is CCOC(=O)CCN1Cc2ccccc2OC1=O. The molecule has 0 aromatic heterocycles. The second kappa shape index (κ2) is 5.53. The lowest BCUT2D eigenvalue weighted by Gasteiger charge is -2.27. The summed E-state index contributed by atoms with van der Waals surface area (Å²) in [5.74, 6) is 0.291. The van der Waals surface area contributed by atoms with Crippen LogP contribution in [0, 0.1) is 0 Å². The molecule has 1 heterocycles. The van der Waals surface area contributed by atoms with Crippen LogP contribution in [0.1, 0.15) is 18.9 Å². The van der Waals surface area contributed by atoms with Crippen LogP contribution in [0.4, 0.5) is 4.79 Å². The maximum atomic E-state index is 11.7. The van der Waals surface area contributed by atoms with Crippen LogP contribution in [0.3, 0.4) is 0 Å². The van der Waals surface area contributed by atoms with Crippen molar-refractivity contribution in [3.63, 3.8) is 0 Å². The number of carbonyl (C=O) groups is 2. The van der Waals surface area contributed by atoms with Gasteiger partial charge in [0.1, 0.15) is 5.75 Å². The average molecular weight is 249 g/mol. The lowest BCUT2D eigenvalue weighted by molar-refractivity contribution is -0.143. The van der Waals surface area contributed by atoms with Crippen molar-refractivity contribution in [1.82, 2.24) is 4.90 Å². The number of carbonyl (C=O) groups excluding carboxylic acids is 2. The Morgan fingerprint density at radius 1 is 1.44 bits per heavy atom. The van der Waals surface area contributed by atoms with Crippen LogP contribution < -0.4 is 4.74 Å². The van der Waals surface area contributed by atoms with Gasteiger partial charge in [-0.05, 0) is 13.0 Å². The number of esters is 1. The Morgan fingerprint density at radius 2 is 2.22 bits per heavy atom. The van der Waals surface area contributed by atoms with E-state index in [0.717, 1.165) is 5.56 Å². The highest BCUT2D eigenvalue weighted by Gasteiger charge is 2.24. The van der Waals surface area contributed by atoms with Crippen molar-refractivity contribution in [3.8, 4) is 5.75 Å². The first-order chi connectivity index (χ1) is 8.70. The number of nitrogens with zero attached hydrogens (tertiary/aromatic N) is 1. The van der Waals surface area contributed by atoms with Gasteiger partial charge in [-0.25, -0.2) is 4.79 Å². The first-order valence-corrected chi connectivity index (χ1v) is 5.91. The van der Waals surface area contributed by atoms with E-state index in [1.165, 1.54) is 4.90 Å². The molecule has 1 aromatic carbocycles. The van der Waals surface area contributed by atoms with E-state index in [1.54, 1.807) is 13.0 Å². The lowest BCUT2D eigenvalue weighted by Crippen LogP contribution is -2.38. The molecule has 0 bridgehead atoms. The van der Waals surface area contributed by atoms with E-state index in [1.807, 2.05) is 18.2 Å².